The highest BCUT2D eigenvalue weighted by atomic mass is 31.2. The Labute approximate surface area is 345 Å². The second-order valence-corrected chi connectivity index (χ2v) is 18.6. The Hall–Kier alpha value is -5.96. The highest BCUT2D eigenvalue weighted by molar-refractivity contribution is 7.61. The number of ether oxygens (including phenoxy) is 3. The molecule has 1 aliphatic heterocycles. The molecule has 314 valence electrons. The van der Waals surface area contributed by atoms with E-state index in [1.807, 2.05) is 68.4 Å². The number of rotatable bonds is 14. The first-order valence-corrected chi connectivity index (χ1v) is 22.2. The summed E-state index contributed by atoms with van der Waals surface area (Å²) in [6.45, 7) is 11.0. The van der Waals surface area contributed by atoms with Gasteiger partial charge in [-0.05, 0) is 61.2 Å². The Balaban J connectivity index is 1.07. The van der Waals surface area contributed by atoms with Gasteiger partial charge < -0.3 is 29.4 Å². The van der Waals surface area contributed by atoms with Crippen LogP contribution in [0.1, 0.15) is 36.6 Å². The van der Waals surface area contributed by atoms with Gasteiger partial charge in [-0.2, -0.15) is 23.3 Å². The average Bonchev–Trinajstić information content (AvgIpc) is 3.62. The number of hydrogen-bond acceptors (Lipinski definition) is 10. The summed E-state index contributed by atoms with van der Waals surface area (Å²) in [6, 6.07) is 24.6. The molecule has 2 amide bonds. The third-order valence-corrected chi connectivity index (χ3v) is 10.7. The first kappa shape index (κ1) is 42.2. The molecule has 6 aromatic rings. The van der Waals surface area contributed by atoms with Gasteiger partial charge in [-0.25, -0.2) is 14.5 Å². The van der Waals surface area contributed by atoms with E-state index < -0.39 is 24.9 Å². The van der Waals surface area contributed by atoms with Crippen molar-refractivity contribution in [3.8, 4) is 23.1 Å². The first-order chi connectivity index (χ1) is 28.7. The number of hydrogen-bond donors (Lipinski definition) is 3. The van der Waals surface area contributed by atoms with Gasteiger partial charge in [0.1, 0.15) is 23.9 Å². The van der Waals surface area contributed by atoms with E-state index in [1.54, 1.807) is 30.1 Å². The van der Waals surface area contributed by atoms with Crippen LogP contribution in [0.4, 0.5) is 41.1 Å². The zero-order chi connectivity index (χ0) is 42.4. The zero-order valence-corrected chi connectivity index (χ0v) is 34.5. The Morgan fingerprint density at radius 3 is 2.47 bits per heavy atom. The molecule has 3 N–H and O–H groups in total. The fraction of sp³-hybridized carbons (Fsp3) is 0.302. The monoisotopic (exact) mass is 842 g/mol. The van der Waals surface area contributed by atoms with Crippen LogP contribution in [0.2, 0.25) is 0 Å². The van der Waals surface area contributed by atoms with Gasteiger partial charge in [0.2, 0.25) is 11.8 Å². The molecule has 0 aliphatic carbocycles. The SMILES string of the molecule is CC(C)c1cc(NC(=O)Nc2ccc(Oc3ccnc(Nc4cc(OCCN5CCOCC5)cc(C(F)(F)F)c4)n3)c3ccccc23)n(-c2cccc(CP(C)(C)=O)c2)n1. The van der Waals surface area contributed by atoms with E-state index in [0.29, 0.717) is 53.9 Å². The van der Waals surface area contributed by atoms with Crippen LogP contribution in [0.3, 0.4) is 0 Å². The second-order valence-electron chi connectivity index (χ2n) is 15.2. The molecule has 1 fully saturated rings. The molecule has 3 heterocycles. The van der Waals surface area contributed by atoms with Gasteiger partial charge in [0, 0.05) is 66.7 Å². The number of urea groups is 1. The third-order valence-electron chi connectivity index (χ3n) is 9.53. The summed E-state index contributed by atoms with van der Waals surface area (Å²) in [6.07, 6.45) is -2.74. The number of carbonyl (C=O) groups excluding carboxylic acids is 1. The molecule has 0 bridgehead atoms. The number of alkyl halides is 3. The maximum atomic E-state index is 13.9. The lowest BCUT2D eigenvalue weighted by Gasteiger charge is -2.26. The predicted octanol–water partition coefficient (Wildman–Crippen LogP) is 9.97. The number of morpholine rings is 1. The van der Waals surface area contributed by atoms with E-state index in [9.17, 15) is 22.5 Å². The molecule has 0 radical (unpaired) electrons. The van der Waals surface area contributed by atoms with Gasteiger partial charge in [0.05, 0.1) is 43.0 Å². The summed E-state index contributed by atoms with van der Waals surface area (Å²) >= 11 is 0. The van der Waals surface area contributed by atoms with Crippen molar-refractivity contribution in [3.05, 3.63) is 114 Å². The van der Waals surface area contributed by atoms with Gasteiger partial charge >= 0.3 is 12.2 Å². The maximum absolute atomic E-state index is 13.9. The molecule has 13 nitrogen and oxygen atoms in total. The number of anilines is 4. The van der Waals surface area contributed by atoms with Gasteiger partial charge in [-0.1, -0.05) is 50.2 Å². The average molecular weight is 843 g/mol. The van der Waals surface area contributed by atoms with E-state index >= 15 is 0 Å². The fourth-order valence-electron chi connectivity index (χ4n) is 6.67. The van der Waals surface area contributed by atoms with E-state index in [2.05, 4.69) is 30.8 Å². The van der Waals surface area contributed by atoms with Crippen molar-refractivity contribution >= 4 is 47.1 Å². The molecule has 1 aliphatic rings. The minimum absolute atomic E-state index is 0.00710. The van der Waals surface area contributed by atoms with Gasteiger partial charge in [0.15, 0.2) is 0 Å². The smallest absolute Gasteiger partial charge is 0.416 e. The number of amides is 2. The summed E-state index contributed by atoms with van der Waals surface area (Å²) in [5.41, 5.74) is 2.13. The number of nitrogens with one attached hydrogen (secondary N) is 3. The van der Waals surface area contributed by atoms with Crippen molar-refractivity contribution in [2.45, 2.75) is 32.1 Å². The lowest BCUT2D eigenvalue weighted by Crippen LogP contribution is -2.38. The molecule has 60 heavy (non-hydrogen) atoms. The van der Waals surface area contributed by atoms with Crippen LogP contribution in [-0.2, 0) is 21.6 Å². The molecule has 1 saturated heterocycles. The van der Waals surface area contributed by atoms with Crippen LogP contribution >= 0.6 is 7.14 Å². The van der Waals surface area contributed by atoms with E-state index in [1.165, 1.54) is 18.3 Å². The summed E-state index contributed by atoms with van der Waals surface area (Å²) in [5, 5.41) is 14.9. The predicted molar refractivity (Wildman–Crippen MR) is 227 cm³/mol. The largest absolute Gasteiger partial charge is 0.492 e. The standard InChI is InChI=1S/C43H46F3N8O5P/c1-28(2)37-26-39(54(52-37)32-9-7-8-29(22-32)27-60(3,4)56)50-42(55)49-36-12-13-38(35-11-6-5-10-34(35)36)59-40-14-15-47-41(51-40)48-31-23-30(43(44,45)46)24-33(25-31)58-21-18-53-16-19-57-20-17-53/h5-15,22-26,28H,16-21,27H2,1-4H3,(H,47,48,51)(H2,49,50,55). The second kappa shape index (κ2) is 18.1. The molecular weight excluding hydrogens is 796 g/mol. The summed E-state index contributed by atoms with van der Waals surface area (Å²) < 4.78 is 73.2. The van der Waals surface area contributed by atoms with Crippen LogP contribution in [0.25, 0.3) is 16.5 Å². The number of fused-ring (bicyclic) bond motifs is 1. The molecule has 0 atom stereocenters. The van der Waals surface area contributed by atoms with Crippen molar-refractivity contribution in [2.24, 2.45) is 0 Å². The topological polar surface area (TPSA) is 145 Å². The van der Waals surface area contributed by atoms with Crippen LogP contribution in [0.5, 0.6) is 17.4 Å². The quantitative estimate of drug-likeness (QED) is 0.0907. The van der Waals surface area contributed by atoms with Crippen molar-refractivity contribution in [1.82, 2.24) is 24.6 Å². The normalized spacial score (nSPS) is 13.7. The summed E-state index contributed by atoms with van der Waals surface area (Å²) in [5.74, 6) is 1.16. The Bertz CT molecular complexity index is 2520. The number of nitrogens with zero attached hydrogens (tertiary/aromatic N) is 5. The van der Waals surface area contributed by atoms with Gasteiger partial charge in [0.25, 0.3) is 0 Å². The number of carbonyl (C=O) groups is 1. The minimum Gasteiger partial charge on any atom is -0.492 e. The van der Waals surface area contributed by atoms with Gasteiger partial charge in [-0.3, -0.25) is 10.2 Å². The van der Waals surface area contributed by atoms with Crippen molar-refractivity contribution in [1.29, 1.82) is 0 Å². The molecule has 0 spiro atoms. The summed E-state index contributed by atoms with van der Waals surface area (Å²) in [4.78, 5) is 24.3. The minimum atomic E-state index is -4.61. The van der Waals surface area contributed by atoms with Gasteiger partial charge in [-0.15, -0.1) is 0 Å². The number of benzene rings is 4. The highest BCUT2D eigenvalue weighted by Crippen LogP contribution is 2.41. The van der Waals surface area contributed by atoms with E-state index in [-0.39, 0.29) is 35.8 Å². The number of aromatic nitrogens is 4. The van der Waals surface area contributed by atoms with Crippen LogP contribution in [-0.4, -0.2) is 83.5 Å². The molecule has 0 unspecified atom stereocenters. The molecule has 17 heteroatoms. The fourth-order valence-corrected chi connectivity index (χ4v) is 7.75. The number of halogens is 3. The lowest BCUT2D eigenvalue weighted by atomic mass is 10.1. The van der Waals surface area contributed by atoms with Crippen molar-refractivity contribution in [3.63, 3.8) is 0 Å². The zero-order valence-electron chi connectivity index (χ0n) is 33.6. The van der Waals surface area contributed by atoms with E-state index in [4.69, 9.17) is 19.3 Å². The molecule has 4 aromatic carbocycles. The highest BCUT2D eigenvalue weighted by Gasteiger charge is 2.32. The maximum Gasteiger partial charge on any atom is 0.416 e. The molecule has 0 saturated carbocycles. The van der Waals surface area contributed by atoms with E-state index in [0.717, 1.165) is 42.2 Å². The summed E-state index contributed by atoms with van der Waals surface area (Å²) in [7, 11) is -2.32. The van der Waals surface area contributed by atoms with Crippen LogP contribution in [0, 0.1) is 0 Å². The molecular formula is C43H46F3N8O5P. The van der Waals surface area contributed by atoms with Crippen molar-refractivity contribution in [2.75, 3.05) is 68.7 Å². The third kappa shape index (κ3) is 11.0. The molecule has 7 rings (SSSR count). The lowest BCUT2D eigenvalue weighted by molar-refractivity contribution is -0.137. The van der Waals surface area contributed by atoms with Crippen LogP contribution < -0.4 is 25.4 Å². The molecule has 2 aromatic heterocycles. The Morgan fingerprint density at radius 1 is 0.933 bits per heavy atom. The van der Waals surface area contributed by atoms with Crippen LogP contribution in [0.15, 0.2) is 97.2 Å². The van der Waals surface area contributed by atoms with Crippen molar-refractivity contribution < 1.29 is 36.7 Å². The Morgan fingerprint density at radius 2 is 1.72 bits per heavy atom. The first-order valence-electron chi connectivity index (χ1n) is 19.4. The Kier molecular flexibility index (Phi) is 12.7.